The highest BCUT2D eigenvalue weighted by molar-refractivity contribution is 5.95. The lowest BCUT2D eigenvalue weighted by Crippen LogP contribution is -2.53. The quantitative estimate of drug-likeness (QED) is 0.884. The zero-order valence-electron chi connectivity index (χ0n) is 13.7. The van der Waals surface area contributed by atoms with Gasteiger partial charge >= 0.3 is 0 Å². The highest BCUT2D eigenvalue weighted by Gasteiger charge is 2.29. The average Bonchev–Trinajstić information content (AvgIpc) is 2.46. The van der Waals surface area contributed by atoms with Crippen LogP contribution in [-0.2, 0) is 4.74 Å². The molecule has 1 aliphatic heterocycles. The SMILES string of the molecule is Cc1cc(C)cc(C(=O)N2CCOCC2CN(C)CCO)c1. The Bertz CT molecular complexity index is 498. The van der Waals surface area contributed by atoms with E-state index >= 15 is 0 Å². The van der Waals surface area contributed by atoms with E-state index in [1.54, 1.807) is 0 Å². The van der Waals surface area contributed by atoms with Crippen molar-refractivity contribution in [3.63, 3.8) is 0 Å². The van der Waals surface area contributed by atoms with Crippen LogP contribution in [0.5, 0.6) is 0 Å². The van der Waals surface area contributed by atoms with Gasteiger partial charge in [0, 0.05) is 25.2 Å². The maximum atomic E-state index is 12.9. The first-order chi connectivity index (χ1) is 10.5. The number of aliphatic hydroxyl groups excluding tert-OH is 1. The van der Waals surface area contributed by atoms with Crippen molar-refractivity contribution in [2.75, 3.05) is 46.5 Å². The van der Waals surface area contributed by atoms with Crippen LogP contribution < -0.4 is 0 Å². The van der Waals surface area contributed by atoms with Crippen molar-refractivity contribution < 1.29 is 14.6 Å². The fourth-order valence-corrected chi connectivity index (χ4v) is 2.96. The summed E-state index contributed by atoms with van der Waals surface area (Å²) < 4.78 is 5.54. The number of likely N-dealkylation sites (N-methyl/N-ethyl adjacent to an activating group) is 1. The largest absolute Gasteiger partial charge is 0.395 e. The zero-order valence-corrected chi connectivity index (χ0v) is 13.7. The molecule has 1 N–H and O–H groups in total. The Balaban J connectivity index is 2.13. The lowest BCUT2D eigenvalue weighted by molar-refractivity contribution is -0.0109. The van der Waals surface area contributed by atoms with Gasteiger partial charge < -0.3 is 19.6 Å². The van der Waals surface area contributed by atoms with Crippen LogP contribution in [0.4, 0.5) is 0 Å². The standard InChI is InChI=1S/C17H26N2O3/c1-13-8-14(2)10-15(9-13)17(21)19-5-7-22-12-16(19)11-18(3)4-6-20/h8-10,16,20H,4-7,11-12H2,1-3H3. The summed E-state index contributed by atoms with van der Waals surface area (Å²) in [5.41, 5.74) is 2.95. The van der Waals surface area contributed by atoms with Crippen LogP contribution in [-0.4, -0.2) is 73.4 Å². The van der Waals surface area contributed by atoms with Gasteiger partial charge in [-0.3, -0.25) is 4.79 Å². The molecule has 0 aromatic heterocycles. The summed E-state index contributed by atoms with van der Waals surface area (Å²) in [5, 5.41) is 9.03. The van der Waals surface area contributed by atoms with Crippen molar-refractivity contribution in [1.82, 2.24) is 9.80 Å². The molecule has 1 fully saturated rings. The van der Waals surface area contributed by atoms with Crippen LogP contribution in [0.25, 0.3) is 0 Å². The normalized spacial score (nSPS) is 18.8. The second kappa shape index (κ2) is 7.72. The summed E-state index contributed by atoms with van der Waals surface area (Å²) >= 11 is 0. The molecule has 0 spiro atoms. The summed E-state index contributed by atoms with van der Waals surface area (Å²) in [6.07, 6.45) is 0. The maximum Gasteiger partial charge on any atom is 0.254 e. The van der Waals surface area contributed by atoms with E-state index in [1.807, 2.05) is 42.8 Å². The molecular formula is C17H26N2O3. The number of benzene rings is 1. The minimum atomic E-state index is 0.0265. The molecule has 2 rings (SSSR count). The first kappa shape index (κ1) is 16.9. The number of rotatable bonds is 5. The zero-order chi connectivity index (χ0) is 16.1. The van der Waals surface area contributed by atoms with Gasteiger partial charge in [-0.1, -0.05) is 17.2 Å². The van der Waals surface area contributed by atoms with Gasteiger partial charge in [0.2, 0.25) is 0 Å². The molecular weight excluding hydrogens is 280 g/mol. The molecule has 1 aromatic carbocycles. The molecule has 1 atom stereocenters. The molecule has 1 aromatic rings. The van der Waals surface area contributed by atoms with E-state index < -0.39 is 0 Å². The monoisotopic (exact) mass is 306 g/mol. The molecule has 1 unspecified atom stereocenters. The molecule has 0 bridgehead atoms. The van der Waals surface area contributed by atoms with Crippen LogP contribution in [0, 0.1) is 13.8 Å². The molecule has 5 nitrogen and oxygen atoms in total. The second-order valence-electron chi connectivity index (χ2n) is 6.09. The van der Waals surface area contributed by atoms with E-state index in [1.165, 1.54) is 0 Å². The number of nitrogens with zero attached hydrogens (tertiary/aromatic N) is 2. The lowest BCUT2D eigenvalue weighted by atomic mass is 10.1. The number of morpholine rings is 1. The van der Waals surface area contributed by atoms with Gasteiger partial charge in [0.1, 0.15) is 0 Å². The highest BCUT2D eigenvalue weighted by atomic mass is 16.5. The van der Waals surface area contributed by atoms with Crippen LogP contribution in [0.1, 0.15) is 21.5 Å². The molecule has 1 saturated heterocycles. The van der Waals surface area contributed by atoms with E-state index in [-0.39, 0.29) is 18.6 Å². The third-order valence-electron chi connectivity index (χ3n) is 3.96. The fraction of sp³-hybridized carbons (Fsp3) is 0.588. The van der Waals surface area contributed by atoms with Crippen molar-refractivity contribution in [3.8, 4) is 0 Å². The topological polar surface area (TPSA) is 53.0 Å². The molecule has 5 heteroatoms. The maximum absolute atomic E-state index is 12.9. The number of carbonyl (C=O) groups excluding carboxylic acids is 1. The van der Waals surface area contributed by atoms with Gasteiger partial charge in [0.05, 0.1) is 25.9 Å². The van der Waals surface area contributed by atoms with Crippen molar-refractivity contribution in [1.29, 1.82) is 0 Å². The number of hydrogen-bond donors (Lipinski definition) is 1. The number of amides is 1. The van der Waals surface area contributed by atoms with E-state index in [0.717, 1.165) is 16.7 Å². The smallest absolute Gasteiger partial charge is 0.254 e. The Hall–Kier alpha value is -1.43. The molecule has 1 heterocycles. The van der Waals surface area contributed by atoms with E-state index in [9.17, 15) is 4.79 Å². The van der Waals surface area contributed by atoms with Crippen LogP contribution in [0.3, 0.4) is 0 Å². The Kier molecular flexibility index (Phi) is 5.94. The highest BCUT2D eigenvalue weighted by Crippen LogP contribution is 2.16. The van der Waals surface area contributed by atoms with Crippen LogP contribution in [0.2, 0.25) is 0 Å². The fourth-order valence-electron chi connectivity index (χ4n) is 2.96. The number of aryl methyl sites for hydroxylation is 2. The third kappa shape index (κ3) is 4.29. The number of aliphatic hydroxyl groups is 1. The predicted molar refractivity (Wildman–Crippen MR) is 86.1 cm³/mol. The van der Waals surface area contributed by atoms with Gasteiger partial charge in [-0.25, -0.2) is 0 Å². The van der Waals surface area contributed by atoms with Crippen LogP contribution >= 0.6 is 0 Å². The molecule has 0 radical (unpaired) electrons. The van der Waals surface area contributed by atoms with Gasteiger partial charge in [0.25, 0.3) is 5.91 Å². The summed E-state index contributed by atoms with van der Waals surface area (Å²) in [5.74, 6) is 0.0671. The molecule has 0 saturated carbocycles. The minimum Gasteiger partial charge on any atom is -0.395 e. The first-order valence-electron chi connectivity index (χ1n) is 7.77. The summed E-state index contributed by atoms with van der Waals surface area (Å²) in [6, 6.07) is 5.99. The molecule has 0 aliphatic carbocycles. The average molecular weight is 306 g/mol. The van der Waals surface area contributed by atoms with Gasteiger partial charge in [-0.15, -0.1) is 0 Å². The van der Waals surface area contributed by atoms with Gasteiger partial charge in [-0.2, -0.15) is 0 Å². The van der Waals surface area contributed by atoms with Crippen LogP contribution in [0.15, 0.2) is 18.2 Å². The predicted octanol–water partition coefficient (Wildman–Crippen LogP) is 1.07. The summed E-state index contributed by atoms with van der Waals surface area (Å²) in [6.45, 7) is 7.19. The van der Waals surface area contributed by atoms with E-state index in [2.05, 4.69) is 6.07 Å². The minimum absolute atomic E-state index is 0.0265. The van der Waals surface area contributed by atoms with Crippen molar-refractivity contribution in [3.05, 3.63) is 34.9 Å². The third-order valence-corrected chi connectivity index (χ3v) is 3.96. The van der Waals surface area contributed by atoms with E-state index in [0.29, 0.717) is 32.8 Å². The Morgan fingerprint density at radius 1 is 1.36 bits per heavy atom. The molecule has 122 valence electrons. The molecule has 1 amide bonds. The second-order valence-corrected chi connectivity index (χ2v) is 6.09. The first-order valence-corrected chi connectivity index (χ1v) is 7.77. The number of ether oxygens (including phenoxy) is 1. The number of carbonyl (C=O) groups is 1. The summed E-state index contributed by atoms with van der Waals surface area (Å²) in [4.78, 5) is 16.8. The van der Waals surface area contributed by atoms with Gasteiger partial charge in [-0.05, 0) is 33.0 Å². The Labute approximate surface area is 132 Å². The molecule has 1 aliphatic rings. The Morgan fingerprint density at radius 3 is 2.68 bits per heavy atom. The number of hydrogen-bond acceptors (Lipinski definition) is 4. The Morgan fingerprint density at radius 2 is 2.05 bits per heavy atom. The van der Waals surface area contributed by atoms with Crippen molar-refractivity contribution >= 4 is 5.91 Å². The van der Waals surface area contributed by atoms with Crippen molar-refractivity contribution in [2.24, 2.45) is 0 Å². The molecule has 22 heavy (non-hydrogen) atoms. The summed E-state index contributed by atoms with van der Waals surface area (Å²) in [7, 11) is 1.95. The lowest BCUT2D eigenvalue weighted by Gasteiger charge is -2.37. The van der Waals surface area contributed by atoms with Crippen molar-refractivity contribution in [2.45, 2.75) is 19.9 Å². The van der Waals surface area contributed by atoms with Gasteiger partial charge in [0.15, 0.2) is 0 Å². The van der Waals surface area contributed by atoms with E-state index in [4.69, 9.17) is 9.84 Å².